The number of carbonyl (C=O) groups is 2. The Morgan fingerprint density at radius 2 is 1.97 bits per heavy atom. The van der Waals surface area contributed by atoms with E-state index < -0.39 is 6.55 Å². The molecule has 2 amide bonds. The lowest BCUT2D eigenvalue weighted by atomic mass is 9.95. The van der Waals surface area contributed by atoms with Gasteiger partial charge in [0.05, 0.1) is 12.5 Å². The fourth-order valence-electron chi connectivity index (χ4n) is 4.19. The van der Waals surface area contributed by atoms with E-state index >= 15 is 0 Å². The highest BCUT2D eigenvalue weighted by atomic mass is 19.3. The van der Waals surface area contributed by atoms with Gasteiger partial charge in [0.2, 0.25) is 5.91 Å². The molecular formula is C23H24F2N4O2. The number of carbonyl (C=O) groups excluding carboxylic acids is 2. The van der Waals surface area contributed by atoms with E-state index in [9.17, 15) is 18.4 Å². The molecule has 3 aromatic rings. The van der Waals surface area contributed by atoms with Crippen LogP contribution in [-0.2, 0) is 11.3 Å². The number of piperidine rings is 1. The molecule has 0 radical (unpaired) electrons. The standard InChI is InChI=1S/C23H24F2N4O2/c1-27(15-20-26-11-13-29(20)23(24)25)21(30)17-8-5-12-28(14-17)22(31)19-10-4-7-16-6-2-3-9-18(16)19/h2-4,6-7,9-11,13,17,23H,5,8,12,14-15H2,1H3/t17-/m1/s1. The third kappa shape index (κ3) is 4.28. The largest absolute Gasteiger partial charge is 0.338 e. The second-order valence-corrected chi connectivity index (χ2v) is 7.84. The maximum absolute atomic E-state index is 13.2. The van der Waals surface area contributed by atoms with E-state index in [1.807, 2.05) is 42.5 Å². The van der Waals surface area contributed by atoms with Crippen molar-refractivity contribution in [3.8, 4) is 0 Å². The second-order valence-electron chi connectivity index (χ2n) is 7.84. The molecule has 0 spiro atoms. The summed E-state index contributed by atoms with van der Waals surface area (Å²) in [5, 5.41) is 1.88. The van der Waals surface area contributed by atoms with Gasteiger partial charge in [-0.1, -0.05) is 36.4 Å². The maximum atomic E-state index is 13.2. The summed E-state index contributed by atoms with van der Waals surface area (Å²) < 4.78 is 26.9. The Bertz CT molecular complexity index is 1090. The van der Waals surface area contributed by atoms with Gasteiger partial charge in [0.15, 0.2) is 0 Å². The van der Waals surface area contributed by atoms with E-state index in [1.165, 1.54) is 17.3 Å². The Labute approximate surface area is 179 Å². The number of amides is 2. The molecule has 6 nitrogen and oxygen atoms in total. The zero-order chi connectivity index (χ0) is 22.0. The molecule has 0 aliphatic carbocycles. The summed E-state index contributed by atoms with van der Waals surface area (Å²) in [6, 6.07) is 13.4. The number of alkyl halides is 2. The molecule has 1 atom stereocenters. The van der Waals surface area contributed by atoms with Crippen molar-refractivity contribution in [2.24, 2.45) is 5.92 Å². The molecule has 1 saturated heterocycles. The number of halogens is 2. The Morgan fingerprint density at radius 3 is 2.77 bits per heavy atom. The first-order chi connectivity index (χ1) is 15.0. The molecule has 0 N–H and O–H groups in total. The molecule has 8 heteroatoms. The maximum Gasteiger partial charge on any atom is 0.319 e. The first-order valence-electron chi connectivity index (χ1n) is 10.3. The number of benzene rings is 2. The Morgan fingerprint density at radius 1 is 1.19 bits per heavy atom. The number of rotatable bonds is 5. The molecule has 2 aromatic carbocycles. The van der Waals surface area contributed by atoms with Crippen LogP contribution >= 0.6 is 0 Å². The first kappa shape index (κ1) is 21.0. The lowest BCUT2D eigenvalue weighted by Crippen LogP contribution is -2.46. The molecule has 0 unspecified atom stereocenters. The van der Waals surface area contributed by atoms with Gasteiger partial charge in [-0.25, -0.2) is 4.98 Å². The van der Waals surface area contributed by atoms with Gasteiger partial charge in [0.1, 0.15) is 5.82 Å². The summed E-state index contributed by atoms with van der Waals surface area (Å²) in [5.41, 5.74) is 0.624. The molecule has 1 aliphatic heterocycles. The van der Waals surface area contributed by atoms with Crippen molar-refractivity contribution in [2.75, 3.05) is 20.1 Å². The van der Waals surface area contributed by atoms with E-state index in [-0.39, 0.29) is 30.1 Å². The molecule has 31 heavy (non-hydrogen) atoms. The summed E-state index contributed by atoms with van der Waals surface area (Å²) in [4.78, 5) is 33.3. The lowest BCUT2D eigenvalue weighted by Gasteiger charge is -2.34. The number of hydrogen-bond donors (Lipinski definition) is 0. The quantitative estimate of drug-likeness (QED) is 0.621. The van der Waals surface area contributed by atoms with E-state index in [2.05, 4.69) is 4.98 Å². The second kappa shape index (κ2) is 8.83. The van der Waals surface area contributed by atoms with Gasteiger partial charge in [-0.2, -0.15) is 8.78 Å². The smallest absolute Gasteiger partial charge is 0.319 e. The van der Waals surface area contributed by atoms with Crippen molar-refractivity contribution in [3.05, 3.63) is 66.2 Å². The molecule has 0 bridgehead atoms. The number of hydrogen-bond acceptors (Lipinski definition) is 3. The highest BCUT2D eigenvalue weighted by molar-refractivity contribution is 6.07. The van der Waals surface area contributed by atoms with Gasteiger partial charge >= 0.3 is 6.55 Å². The summed E-state index contributed by atoms with van der Waals surface area (Å²) in [6.07, 6.45) is 3.87. The van der Waals surface area contributed by atoms with Crippen LogP contribution in [0.3, 0.4) is 0 Å². The van der Waals surface area contributed by atoms with Crippen molar-refractivity contribution >= 4 is 22.6 Å². The highest BCUT2D eigenvalue weighted by Gasteiger charge is 2.31. The number of likely N-dealkylation sites (tertiary alicyclic amines) is 1. The zero-order valence-electron chi connectivity index (χ0n) is 17.2. The van der Waals surface area contributed by atoms with E-state index in [0.29, 0.717) is 31.5 Å². The van der Waals surface area contributed by atoms with Gasteiger partial charge < -0.3 is 9.80 Å². The van der Waals surface area contributed by atoms with Crippen molar-refractivity contribution in [1.29, 1.82) is 0 Å². The average Bonchev–Trinajstić information content (AvgIpc) is 3.26. The molecule has 162 valence electrons. The normalized spacial score (nSPS) is 16.6. The minimum atomic E-state index is -2.70. The van der Waals surface area contributed by atoms with Crippen LogP contribution in [0.2, 0.25) is 0 Å². The Hall–Kier alpha value is -3.29. The predicted octanol–water partition coefficient (Wildman–Crippen LogP) is 3.94. The fourth-order valence-corrected chi connectivity index (χ4v) is 4.19. The first-order valence-corrected chi connectivity index (χ1v) is 10.3. The highest BCUT2D eigenvalue weighted by Crippen LogP contribution is 2.25. The van der Waals surface area contributed by atoms with Crippen LogP contribution in [0.25, 0.3) is 10.8 Å². The molecule has 4 rings (SSSR count). The summed E-state index contributed by atoms with van der Waals surface area (Å²) >= 11 is 0. The topological polar surface area (TPSA) is 58.4 Å². The third-order valence-corrected chi connectivity index (χ3v) is 5.79. The van der Waals surface area contributed by atoms with E-state index in [1.54, 1.807) is 11.9 Å². The minimum Gasteiger partial charge on any atom is -0.338 e. The van der Waals surface area contributed by atoms with Crippen LogP contribution < -0.4 is 0 Å². The predicted molar refractivity (Wildman–Crippen MR) is 113 cm³/mol. The SMILES string of the molecule is CN(Cc1nccn1C(F)F)C(=O)[C@@H]1CCCN(C(=O)c2cccc3ccccc23)C1. The average molecular weight is 426 g/mol. The molecule has 1 aromatic heterocycles. The molecule has 2 heterocycles. The number of nitrogens with zero attached hydrogens (tertiary/aromatic N) is 4. The fraction of sp³-hybridized carbons (Fsp3) is 0.348. The molecule has 1 aliphatic rings. The van der Waals surface area contributed by atoms with E-state index in [0.717, 1.165) is 15.3 Å². The Kier molecular flexibility index (Phi) is 5.97. The monoisotopic (exact) mass is 426 g/mol. The van der Waals surface area contributed by atoms with Gasteiger partial charge in [0, 0.05) is 38.1 Å². The van der Waals surface area contributed by atoms with Crippen LogP contribution in [0.4, 0.5) is 8.78 Å². The molecular weight excluding hydrogens is 402 g/mol. The van der Waals surface area contributed by atoms with Crippen molar-refractivity contribution in [1.82, 2.24) is 19.4 Å². The summed E-state index contributed by atoms with van der Waals surface area (Å²) in [5.74, 6) is -0.498. The van der Waals surface area contributed by atoms with Crippen LogP contribution in [0, 0.1) is 5.92 Å². The zero-order valence-corrected chi connectivity index (χ0v) is 17.2. The third-order valence-electron chi connectivity index (χ3n) is 5.79. The van der Waals surface area contributed by atoms with Crippen LogP contribution in [0.15, 0.2) is 54.9 Å². The number of imidazole rings is 1. The number of aromatic nitrogens is 2. The number of fused-ring (bicyclic) bond motifs is 1. The van der Waals surface area contributed by atoms with Crippen LogP contribution in [0.5, 0.6) is 0 Å². The summed E-state index contributed by atoms with van der Waals surface area (Å²) in [6.45, 7) is -1.81. The van der Waals surface area contributed by atoms with E-state index in [4.69, 9.17) is 0 Å². The van der Waals surface area contributed by atoms with Gasteiger partial charge in [-0.05, 0) is 29.7 Å². The lowest BCUT2D eigenvalue weighted by molar-refractivity contribution is -0.136. The minimum absolute atomic E-state index is 0.00998. The van der Waals surface area contributed by atoms with Gasteiger partial charge in [0.25, 0.3) is 5.91 Å². The van der Waals surface area contributed by atoms with Crippen LogP contribution in [0.1, 0.15) is 35.6 Å². The summed E-state index contributed by atoms with van der Waals surface area (Å²) in [7, 11) is 1.58. The molecule has 0 saturated carbocycles. The van der Waals surface area contributed by atoms with Crippen molar-refractivity contribution in [2.45, 2.75) is 25.9 Å². The van der Waals surface area contributed by atoms with Gasteiger partial charge in [-0.15, -0.1) is 0 Å². The van der Waals surface area contributed by atoms with Crippen molar-refractivity contribution < 1.29 is 18.4 Å². The van der Waals surface area contributed by atoms with Gasteiger partial charge in [-0.3, -0.25) is 14.2 Å². The molecule has 1 fully saturated rings. The van der Waals surface area contributed by atoms with Crippen molar-refractivity contribution in [3.63, 3.8) is 0 Å². The van der Waals surface area contributed by atoms with Crippen LogP contribution in [-0.4, -0.2) is 51.3 Å². The Balaban J connectivity index is 1.47.